The summed E-state index contributed by atoms with van der Waals surface area (Å²) >= 11 is 0. The molecule has 0 aliphatic carbocycles. The molecule has 4 rings (SSSR count). The van der Waals surface area contributed by atoms with Crippen LogP contribution in [-0.4, -0.2) is 17.4 Å². The van der Waals surface area contributed by atoms with Crippen molar-refractivity contribution in [2.24, 2.45) is 17.6 Å². The van der Waals surface area contributed by atoms with Gasteiger partial charge in [-0.1, -0.05) is 56.3 Å². The molecule has 1 fully saturated rings. The highest BCUT2D eigenvalue weighted by molar-refractivity contribution is 5.67. The van der Waals surface area contributed by atoms with E-state index in [-0.39, 0.29) is 36.6 Å². The summed E-state index contributed by atoms with van der Waals surface area (Å²) in [6, 6.07) is 18.6. The second-order valence-corrected chi connectivity index (χ2v) is 8.46. The van der Waals surface area contributed by atoms with E-state index < -0.39 is 5.41 Å². The van der Waals surface area contributed by atoms with Crippen LogP contribution in [0.5, 0.6) is 0 Å². The maximum absolute atomic E-state index is 10.2. The highest BCUT2D eigenvalue weighted by Crippen LogP contribution is 2.53. The lowest BCUT2D eigenvalue weighted by Gasteiger charge is -2.49. The van der Waals surface area contributed by atoms with E-state index in [2.05, 4.69) is 43.8 Å². The standard InChI is InChI=1S/C24H28N4O2/c1-14(2)24(20(12-25)22(26)30-23-21(24)15(3)27-28-23)19-10-16(13-29)9-18(11-19)17-7-5-4-6-8-17/h4-11,14-15,21,23,27-29H,13,26H2,1-3H3/t15?,21?,23?,24-/m0/s1. The molecule has 4 atom stereocenters. The number of aliphatic hydroxyl groups is 1. The van der Waals surface area contributed by atoms with Crippen LogP contribution in [0.15, 0.2) is 60.0 Å². The molecule has 2 aliphatic heterocycles. The molecule has 2 aliphatic rings. The number of hydrogen-bond donors (Lipinski definition) is 4. The fourth-order valence-corrected chi connectivity index (χ4v) is 5.27. The average molecular weight is 405 g/mol. The number of fused-ring (bicyclic) bond motifs is 1. The maximum Gasteiger partial charge on any atom is 0.200 e. The average Bonchev–Trinajstić information content (AvgIpc) is 3.13. The Kier molecular flexibility index (Phi) is 5.29. The molecule has 6 heteroatoms. The van der Waals surface area contributed by atoms with Crippen molar-refractivity contribution in [1.82, 2.24) is 10.9 Å². The number of nitriles is 1. The van der Waals surface area contributed by atoms with Gasteiger partial charge in [-0.3, -0.25) is 5.43 Å². The van der Waals surface area contributed by atoms with E-state index >= 15 is 0 Å². The Hall–Kier alpha value is -2.85. The first-order valence-corrected chi connectivity index (χ1v) is 10.3. The van der Waals surface area contributed by atoms with Crippen LogP contribution in [0.1, 0.15) is 31.9 Å². The van der Waals surface area contributed by atoms with Crippen molar-refractivity contribution >= 4 is 0 Å². The predicted octanol–water partition coefficient (Wildman–Crippen LogP) is 2.90. The monoisotopic (exact) mass is 404 g/mol. The molecule has 156 valence electrons. The van der Waals surface area contributed by atoms with Crippen LogP contribution in [0.3, 0.4) is 0 Å². The van der Waals surface area contributed by atoms with Gasteiger partial charge in [-0.15, -0.1) is 0 Å². The number of benzene rings is 2. The summed E-state index contributed by atoms with van der Waals surface area (Å²) in [6.45, 7) is 6.24. The minimum absolute atomic E-state index is 0.0480. The van der Waals surface area contributed by atoms with Crippen molar-refractivity contribution in [3.8, 4) is 17.2 Å². The van der Waals surface area contributed by atoms with Gasteiger partial charge in [0.15, 0.2) is 6.23 Å². The molecular weight excluding hydrogens is 376 g/mol. The molecule has 2 heterocycles. The number of rotatable bonds is 4. The van der Waals surface area contributed by atoms with Crippen LogP contribution in [-0.2, 0) is 16.8 Å². The van der Waals surface area contributed by atoms with Gasteiger partial charge in [0.2, 0.25) is 5.88 Å². The summed E-state index contributed by atoms with van der Waals surface area (Å²) in [5.74, 6) is 0.160. The van der Waals surface area contributed by atoms with E-state index in [1.165, 1.54) is 0 Å². The highest BCUT2D eigenvalue weighted by atomic mass is 16.5. The van der Waals surface area contributed by atoms with Gasteiger partial charge in [0.25, 0.3) is 0 Å². The van der Waals surface area contributed by atoms with Crippen LogP contribution in [0, 0.1) is 23.2 Å². The van der Waals surface area contributed by atoms with E-state index in [0.717, 1.165) is 22.3 Å². The zero-order chi connectivity index (χ0) is 21.5. The summed E-state index contributed by atoms with van der Waals surface area (Å²) in [5, 5.41) is 20.2. The zero-order valence-electron chi connectivity index (χ0n) is 17.5. The van der Waals surface area contributed by atoms with Crippen molar-refractivity contribution in [2.75, 3.05) is 0 Å². The molecule has 30 heavy (non-hydrogen) atoms. The Morgan fingerprint density at radius 2 is 1.90 bits per heavy atom. The number of hydrazine groups is 1. The number of aliphatic hydroxyl groups excluding tert-OH is 1. The molecule has 5 N–H and O–H groups in total. The molecular formula is C24H28N4O2. The van der Waals surface area contributed by atoms with Gasteiger partial charge >= 0.3 is 0 Å². The van der Waals surface area contributed by atoms with Crippen LogP contribution in [0.4, 0.5) is 0 Å². The number of nitrogens with one attached hydrogen (secondary N) is 2. The summed E-state index contributed by atoms with van der Waals surface area (Å²) in [6.07, 6.45) is -0.350. The molecule has 3 unspecified atom stereocenters. The summed E-state index contributed by atoms with van der Waals surface area (Å²) in [5.41, 5.74) is 16.3. The lowest BCUT2D eigenvalue weighted by atomic mass is 9.56. The Labute approximate surface area is 177 Å². The fraction of sp³-hybridized carbons (Fsp3) is 0.375. The van der Waals surface area contributed by atoms with Crippen molar-refractivity contribution in [3.63, 3.8) is 0 Å². The van der Waals surface area contributed by atoms with Crippen molar-refractivity contribution in [1.29, 1.82) is 5.26 Å². The highest BCUT2D eigenvalue weighted by Gasteiger charge is 2.58. The first-order valence-electron chi connectivity index (χ1n) is 10.3. The van der Waals surface area contributed by atoms with E-state index in [0.29, 0.717) is 5.57 Å². The third kappa shape index (κ3) is 2.98. The second kappa shape index (κ2) is 7.77. The van der Waals surface area contributed by atoms with Crippen molar-refractivity contribution in [2.45, 2.75) is 45.1 Å². The minimum atomic E-state index is -0.674. The summed E-state index contributed by atoms with van der Waals surface area (Å²) < 4.78 is 5.89. The number of ether oxygens (including phenoxy) is 1. The molecule has 0 spiro atoms. The van der Waals surface area contributed by atoms with E-state index in [4.69, 9.17) is 10.5 Å². The SMILES string of the molecule is CC1NNC2OC(N)=C(C#N)[C@@](c3cc(CO)cc(-c4ccccc4)c3)(C(C)C)C12. The van der Waals surface area contributed by atoms with Crippen LogP contribution in [0.2, 0.25) is 0 Å². The number of hydrogen-bond acceptors (Lipinski definition) is 6. The molecule has 0 radical (unpaired) electrons. The summed E-state index contributed by atoms with van der Waals surface area (Å²) in [7, 11) is 0. The first-order chi connectivity index (χ1) is 14.4. The predicted molar refractivity (Wildman–Crippen MR) is 115 cm³/mol. The van der Waals surface area contributed by atoms with Gasteiger partial charge in [0.05, 0.1) is 6.61 Å². The Morgan fingerprint density at radius 1 is 1.17 bits per heavy atom. The van der Waals surface area contributed by atoms with Gasteiger partial charge in [-0.25, -0.2) is 5.43 Å². The Bertz CT molecular complexity index is 1010. The molecule has 6 nitrogen and oxygen atoms in total. The smallest absolute Gasteiger partial charge is 0.200 e. The molecule has 0 aromatic heterocycles. The number of allylic oxidation sites excluding steroid dienone is 1. The first kappa shape index (κ1) is 20.4. The topological polar surface area (TPSA) is 103 Å². The Balaban J connectivity index is 2.03. The zero-order valence-corrected chi connectivity index (χ0v) is 17.5. The molecule has 1 saturated heterocycles. The quantitative estimate of drug-likeness (QED) is 0.625. The van der Waals surface area contributed by atoms with Gasteiger partial charge < -0.3 is 15.6 Å². The van der Waals surface area contributed by atoms with E-state index in [1.54, 1.807) is 0 Å². The van der Waals surface area contributed by atoms with Gasteiger partial charge in [-0.05, 0) is 41.2 Å². The van der Waals surface area contributed by atoms with Crippen molar-refractivity contribution in [3.05, 3.63) is 71.1 Å². The minimum Gasteiger partial charge on any atom is -0.458 e. The van der Waals surface area contributed by atoms with Crippen LogP contribution < -0.4 is 16.6 Å². The lowest BCUT2D eigenvalue weighted by Crippen LogP contribution is -2.54. The third-order valence-electron chi connectivity index (χ3n) is 6.54. The number of nitrogens with two attached hydrogens (primary N) is 1. The van der Waals surface area contributed by atoms with Crippen LogP contribution in [0.25, 0.3) is 11.1 Å². The molecule has 2 aromatic rings. The van der Waals surface area contributed by atoms with E-state index in [1.807, 2.05) is 42.5 Å². The molecule has 0 bridgehead atoms. The molecule has 0 saturated carbocycles. The van der Waals surface area contributed by atoms with Gasteiger partial charge in [0.1, 0.15) is 11.6 Å². The Morgan fingerprint density at radius 3 is 2.53 bits per heavy atom. The molecule has 2 aromatic carbocycles. The maximum atomic E-state index is 10.2. The normalized spacial score (nSPS) is 28.2. The van der Waals surface area contributed by atoms with E-state index in [9.17, 15) is 10.4 Å². The summed E-state index contributed by atoms with van der Waals surface area (Å²) in [4.78, 5) is 0. The van der Waals surface area contributed by atoms with Gasteiger partial charge in [-0.2, -0.15) is 5.26 Å². The second-order valence-electron chi connectivity index (χ2n) is 8.46. The lowest BCUT2D eigenvalue weighted by molar-refractivity contribution is -0.00383. The van der Waals surface area contributed by atoms with Gasteiger partial charge in [0, 0.05) is 17.4 Å². The third-order valence-corrected chi connectivity index (χ3v) is 6.54. The fourth-order valence-electron chi connectivity index (χ4n) is 5.27. The number of nitrogens with zero attached hydrogens (tertiary/aromatic N) is 1. The molecule has 0 amide bonds. The van der Waals surface area contributed by atoms with Crippen LogP contribution >= 0.6 is 0 Å². The largest absolute Gasteiger partial charge is 0.458 e. The van der Waals surface area contributed by atoms with Crippen molar-refractivity contribution < 1.29 is 9.84 Å².